The Hall–Kier alpha value is -6.38. The van der Waals surface area contributed by atoms with Crippen LogP contribution < -0.4 is 11.7 Å². The zero-order chi connectivity index (χ0) is 40.4. The van der Waals surface area contributed by atoms with Gasteiger partial charge in [-0.05, 0) is 64.6 Å². The maximum absolute atomic E-state index is 11.6. The highest BCUT2D eigenvalue weighted by molar-refractivity contribution is 6.83. The summed E-state index contributed by atoms with van der Waals surface area (Å²) in [6, 6.07) is 58.2. The van der Waals surface area contributed by atoms with Crippen LogP contribution >= 0.6 is 11.6 Å². The van der Waals surface area contributed by atoms with E-state index in [0.717, 1.165) is 23.4 Å². The molecule has 0 saturated heterocycles. The van der Waals surface area contributed by atoms with Gasteiger partial charge in [0.25, 0.3) is 5.24 Å². The molecule has 6 aromatic carbocycles. The van der Waals surface area contributed by atoms with Crippen molar-refractivity contribution in [1.29, 1.82) is 0 Å². The van der Waals surface area contributed by atoms with Crippen LogP contribution in [0.4, 0.5) is 0 Å². The molecule has 0 radical (unpaired) electrons. The number of Topliss-reactive ketones (excluding diaryl/α,β-unsaturated/α-hetero) is 1. The van der Waals surface area contributed by atoms with Crippen molar-refractivity contribution in [3.63, 3.8) is 0 Å². The van der Waals surface area contributed by atoms with Crippen molar-refractivity contribution in [2.24, 2.45) is 16.7 Å². The standard InChI is InChI=1S/C16H13N.C15H10O.C11H14Si.C7H5ClO.H4N2/c1-3-7-13(8-4-1)15-11-16(17-12-15)14-9-5-2-6-10-14;16-15(14-9-5-2-6-10-14)12-11-13-7-3-1-4-8-13;1-12(2,3)10-9-11-7-5-4-6-8-11;8-7(9)6-4-2-1-3-5-6;1-2/h1-11H,12H2;1-10H;4-8H,1-3H3;1-5H;1-2H2. The predicted octanol–water partition coefficient (Wildman–Crippen LogP) is 10.3. The molecule has 1 aliphatic rings. The molecule has 0 amide bonds. The van der Waals surface area contributed by atoms with Crippen molar-refractivity contribution in [1.82, 2.24) is 0 Å². The normalized spacial score (nSPS) is 10.7. The van der Waals surface area contributed by atoms with E-state index in [2.05, 4.69) is 102 Å². The Morgan fingerprint density at radius 2 is 0.946 bits per heavy atom. The van der Waals surface area contributed by atoms with Crippen molar-refractivity contribution in [3.8, 4) is 23.3 Å². The van der Waals surface area contributed by atoms with Gasteiger partial charge in [0.05, 0.1) is 12.3 Å². The van der Waals surface area contributed by atoms with Crippen molar-refractivity contribution in [3.05, 3.63) is 221 Å². The van der Waals surface area contributed by atoms with Gasteiger partial charge in [0, 0.05) is 22.3 Å². The summed E-state index contributed by atoms with van der Waals surface area (Å²) in [6.45, 7) is 7.54. The Balaban J connectivity index is 0.000000202. The van der Waals surface area contributed by atoms with Crippen LogP contribution in [0, 0.1) is 23.3 Å². The van der Waals surface area contributed by atoms with Gasteiger partial charge in [-0.1, -0.05) is 189 Å². The van der Waals surface area contributed by atoms with Gasteiger partial charge in [-0.25, -0.2) is 0 Å². The molecule has 4 N–H and O–H groups in total. The molecule has 0 atom stereocenters. The highest BCUT2D eigenvalue weighted by atomic mass is 35.5. The van der Waals surface area contributed by atoms with Gasteiger partial charge in [0.1, 0.15) is 8.07 Å². The molecular weight excluding hydrogens is 726 g/mol. The minimum absolute atomic E-state index is 0.149. The predicted molar refractivity (Wildman–Crippen MR) is 238 cm³/mol. The van der Waals surface area contributed by atoms with Gasteiger partial charge >= 0.3 is 0 Å². The fourth-order valence-electron chi connectivity index (χ4n) is 4.70. The van der Waals surface area contributed by atoms with Gasteiger partial charge in [0.15, 0.2) is 0 Å². The lowest BCUT2D eigenvalue weighted by atomic mass is 10.0. The van der Waals surface area contributed by atoms with Crippen LogP contribution in [-0.2, 0) is 0 Å². The third-order valence-electron chi connectivity index (χ3n) is 7.43. The first-order valence-corrected chi connectivity index (χ1v) is 21.7. The second kappa shape index (κ2) is 24.8. The topological polar surface area (TPSA) is 98.5 Å². The number of hydrogen-bond donors (Lipinski definition) is 2. The Bertz CT molecular complexity index is 2250. The lowest BCUT2D eigenvalue weighted by Gasteiger charge is -2.02. The molecule has 1 heterocycles. The second-order valence-electron chi connectivity index (χ2n) is 12.9. The molecule has 7 rings (SSSR count). The largest absolute Gasteiger partial charge is 0.280 e. The zero-order valence-corrected chi connectivity index (χ0v) is 33.7. The number of rotatable bonds is 4. The van der Waals surface area contributed by atoms with Crippen molar-refractivity contribution in [2.75, 3.05) is 6.54 Å². The molecule has 56 heavy (non-hydrogen) atoms. The Morgan fingerprint density at radius 3 is 1.38 bits per heavy atom. The molecule has 0 bridgehead atoms. The van der Waals surface area contributed by atoms with Crippen LogP contribution in [0.3, 0.4) is 0 Å². The average Bonchev–Trinajstić information content (AvgIpc) is 3.76. The summed E-state index contributed by atoms with van der Waals surface area (Å²) in [5.41, 5.74) is 11.3. The van der Waals surface area contributed by atoms with Crippen molar-refractivity contribution < 1.29 is 9.59 Å². The van der Waals surface area contributed by atoms with E-state index < -0.39 is 13.3 Å². The molecular formula is C49H46ClN3O2Si. The van der Waals surface area contributed by atoms with Crippen LogP contribution in [-0.4, -0.2) is 31.4 Å². The molecule has 0 aliphatic carbocycles. The summed E-state index contributed by atoms with van der Waals surface area (Å²) < 4.78 is 0. The highest BCUT2D eigenvalue weighted by Gasteiger charge is 2.11. The fraction of sp³-hybridized carbons (Fsp3) is 0.0816. The van der Waals surface area contributed by atoms with E-state index in [9.17, 15) is 9.59 Å². The molecule has 1 aliphatic heterocycles. The summed E-state index contributed by atoms with van der Waals surface area (Å²) in [5.74, 6) is 16.5. The van der Waals surface area contributed by atoms with Crippen LogP contribution in [0.25, 0.3) is 5.57 Å². The molecule has 0 fully saturated rings. The lowest BCUT2D eigenvalue weighted by Crippen LogP contribution is -2.16. The third kappa shape index (κ3) is 17.2. The zero-order valence-electron chi connectivity index (χ0n) is 31.9. The molecule has 7 heteroatoms. The minimum atomic E-state index is -1.20. The van der Waals surface area contributed by atoms with Crippen LogP contribution in [0.5, 0.6) is 0 Å². The lowest BCUT2D eigenvalue weighted by molar-refractivity contribution is 0.105. The first-order valence-electron chi connectivity index (χ1n) is 17.9. The Labute approximate surface area is 337 Å². The third-order valence-corrected chi connectivity index (χ3v) is 8.52. The minimum Gasteiger partial charge on any atom is -0.280 e. The summed E-state index contributed by atoms with van der Waals surface area (Å²) in [7, 11) is -1.20. The van der Waals surface area contributed by atoms with Gasteiger partial charge in [0.2, 0.25) is 5.78 Å². The monoisotopic (exact) mass is 771 g/mol. The Kier molecular flexibility index (Phi) is 19.5. The maximum Gasteiger partial charge on any atom is 0.252 e. The summed E-state index contributed by atoms with van der Waals surface area (Å²) in [5, 5.41) is -0.407. The highest BCUT2D eigenvalue weighted by Crippen LogP contribution is 2.21. The number of aliphatic imine (C=N–C) groups is 1. The molecule has 5 nitrogen and oxygen atoms in total. The van der Waals surface area contributed by atoms with E-state index in [4.69, 9.17) is 11.6 Å². The smallest absolute Gasteiger partial charge is 0.252 e. The number of nitrogens with two attached hydrogens (primary N) is 2. The van der Waals surface area contributed by atoms with Crippen LogP contribution in [0.2, 0.25) is 19.6 Å². The van der Waals surface area contributed by atoms with Gasteiger partial charge in [-0.2, -0.15) is 0 Å². The fourth-order valence-corrected chi connectivity index (χ4v) is 5.34. The van der Waals surface area contributed by atoms with Gasteiger partial charge in [-0.15, -0.1) is 5.54 Å². The number of benzene rings is 6. The number of ketones is 1. The number of carbonyl (C=O) groups is 2. The van der Waals surface area contributed by atoms with E-state index in [-0.39, 0.29) is 5.78 Å². The number of nitrogens with zero attached hydrogens (tertiary/aromatic N) is 1. The summed E-state index contributed by atoms with van der Waals surface area (Å²) in [6.07, 6.45) is 2.19. The molecule has 0 unspecified atom stereocenters. The molecule has 0 spiro atoms. The molecule has 6 aromatic rings. The maximum atomic E-state index is 11.6. The van der Waals surface area contributed by atoms with E-state index in [1.165, 1.54) is 16.7 Å². The number of hydrazine groups is 1. The second-order valence-corrected chi connectivity index (χ2v) is 18.0. The molecule has 0 aromatic heterocycles. The van der Waals surface area contributed by atoms with Gasteiger partial charge < -0.3 is 0 Å². The summed E-state index contributed by atoms with van der Waals surface area (Å²) >= 11 is 5.16. The van der Waals surface area contributed by atoms with Crippen LogP contribution in [0.15, 0.2) is 193 Å². The van der Waals surface area contributed by atoms with Crippen molar-refractivity contribution in [2.45, 2.75) is 19.6 Å². The number of carbonyl (C=O) groups excluding carboxylic acids is 2. The number of allylic oxidation sites excluding steroid dienone is 1. The quantitative estimate of drug-likeness (QED) is 0.0466. The van der Waals surface area contributed by atoms with Crippen molar-refractivity contribution >= 4 is 42.0 Å². The van der Waals surface area contributed by atoms with E-state index in [1.807, 2.05) is 109 Å². The first kappa shape index (κ1) is 44.0. The molecule has 280 valence electrons. The number of hydrogen-bond acceptors (Lipinski definition) is 5. The summed E-state index contributed by atoms with van der Waals surface area (Å²) in [4.78, 5) is 26.6. The van der Waals surface area contributed by atoms with E-state index >= 15 is 0 Å². The van der Waals surface area contributed by atoms with Gasteiger partial charge in [-0.3, -0.25) is 26.3 Å². The van der Waals surface area contributed by atoms with Crippen LogP contribution in [0.1, 0.15) is 43.0 Å². The van der Waals surface area contributed by atoms with E-state index in [0.29, 0.717) is 11.1 Å². The average molecular weight is 772 g/mol. The van der Waals surface area contributed by atoms with E-state index in [1.54, 1.807) is 36.4 Å². The first-order chi connectivity index (χ1) is 27.2. The SMILES string of the molecule is C1=C(c2ccccc2)CN=C1c1ccccc1.C[Si](C)(C)C#Cc1ccccc1.NN.O=C(C#Cc1ccccc1)c1ccccc1.O=C(Cl)c1ccccc1. The Morgan fingerprint density at radius 1 is 0.554 bits per heavy atom. The number of halogens is 1. The molecule has 0 saturated carbocycles.